The van der Waals surface area contributed by atoms with Crippen molar-refractivity contribution in [2.24, 2.45) is 0 Å². The highest BCUT2D eigenvalue weighted by molar-refractivity contribution is 9.10. The van der Waals surface area contributed by atoms with Gasteiger partial charge in [0.15, 0.2) is 0 Å². The van der Waals surface area contributed by atoms with Gasteiger partial charge in [-0.15, -0.1) is 0 Å². The molecule has 5 heteroatoms. The van der Waals surface area contributed by atoms with Gasteiger partial charge in [0.2, 0.25) is 0 Å². The number of nitrogens with one attached hydrogen (secondary N) is 1. The number of benzene rings is 2. The summed E-state index contributed by atoms with van der Waals surface area (Å²) < 4.78 is 14.2. The van der Waals surface area contributed by atoms with Gasteiger partial charge in [0.1, 0.15) is 5.82 Å². The Kier molecular flexibility index (Phi) is 4.16. The second kappa shape index (κ2) is 5.84. The molecule has 2 aromatic carbocycles. The SMILES string of the molecule is Nc1cccc(CNC(=O)c2cc(Br)ccc2F)c1. The summed E-state index contributed by atoms with van der Waals surface area (Å²) in [5, 5.41) is 2.66. The third kappa shape index (κ3) is 3.54. The first-order valence-electron chi connectivity index (χ1n) is 5.64. The van der Waals surface area contributed by atoms with Gasteiger partial charge >= 0.3 is 0 Å². The fourth-order valence-electron chi connectivity index (χ4n) is 1.65. The molecule has 0 saturated carbocycles. The maximum absolute atomic E-state index is 13.5. The number of halogens is 2. The molecule has 0 fully saturated rings. The van der Waals surface area contributed by atoms with E-state index in [0.29, 0.717) is 16.7 Å². The van der Waals surface area contributed by atoms with Crippen LogP contribution >= 0.6 is 15.9 Å². The molecular weight excluding hydrogens is 311 g/mol. The molecule has 0 aliphatic heterocycles. The van der Waals surface area contributed by atoms with E-state index < -0.39 is 11.7 Å². The molecule has 3 nitrogen and oxygen atoms in total. The van der Waals surface area contributed by atoms with Crippen LogP contribution < -0.4 is 11.1 Å². The van der Waals surface area contributed by atoms with Crippen LogP contribution in [0, 0.1) is 5.82 Å². The van der Waals surface area contributed by atoms with Crippen molar-refractivity contribution in [2.75, 3.05) is 5.73 Å². The molecule has 3 N–H and O–H groups in total. The summed E-state index contributed by atoms with van der Waals surface area (Å²) in [5.74, 6) is -1.01. The van der Waals surface area contributed by atoms with E-state index in [1.165, 1.54) is 12.1 Å². The van der Waals surface area contributed by atoms with Gasteiger partial charge in [-0.05, 0) is 35.9 Å². The molecule has 1 amide bonds. The number of nitrogens with two attached hydrogens (primary N) is 1. The van der Waals surface area contributed by atoms with Crippen LogP contribution in [0.2, 0.25) is 0 Å². The second-order valence-corrected chi connectivity index (χ2v) is 4.97. The number of amides is 1. The Morgan fingerprint density at radius 2 is 2.05 bits per heavy atom. The molecule has 0 aliphatic rings. The summed E-state index contributed by atoms with van der Waals surface area (Å²) in [5.41, 5.74) is 7.14. The lowest BCUT2D eigenvalue weighted by molar-refractivity contribution is 0.0947. The van der Waals surface area contributed by atoms with Crippen LogP contribution in [-0.2, 0) is 6.54 Å². The van der Waals surface area contributed by atoms with Gasteiger partial charge in [0.25, 0.3) is 5.91 Å². The summed E-state index contributed by atoms with van der Waals surface area (Å²) >= 11 is 3.21. The van der Waals surface area contributed by atoms with E-state index in [1.807, 2.05) is 6.07 Å². The minimum absolute atomic E-state index is 0.0123. The molecule has 0 aliphatic carbocycles. The minimum Gasteiger partial charge on any atom is -0.399 e. The number of rotatable bonds is 3. The highest BCUT2D eigenvalue weighted by Gasteiger charge is 2.11. The van der Waals surface area contributed by atoms with Crippen LogP contribution in [0.25, 0.3) is 0 Å². The molecule has 0 bridgehead atoms. The Bertz CT molecular complexity index is 616. The van der Waals surface area contributed by atoms with Crippen LogP contribution in [-0.4, -0.2) is 5.91 Å². The highest BCUT2D eigenvalue weighted by atomic mass is 79.9. The molecule has 0 spiro atoms. The van der Waals surface area contributed by atoms with Crippen LogP contribution in [0.15, 0.2) is 46.9 Å². The number of hydrogen-bond acceptors (Lipinski definition) is 2. The van der Waals surface area contributed by atoms with Crippen molar-refractivity contribution in [3.63, 3.8) is 0 Å². The Morgan fingerprint density at radius 1 is 1.26 bits per heavy atom. The van der Waals surface area contributed by atoms with Crippen molar-refractivity contribution in [1.82, 2.24) is 5.32 Å². The van der Waals surface area contributed by atoms with Crippen molar-refractivity contribution >= 4 is 27.5 Å². The molecule has 0 aromatic heterocycles. The minimum atomic E-state index is -0.548. The Morgan fingerprint density at radius 3 is 2.79 bits per heavy atom. The molecule has 0 radical (unpaired) electrons. The lowest BCUT2D eigenvalue weighted by Gasteiger charge is -2.07. The number of nitrogen functional groups attached to an aromatic ring is 1. The summed E-state index contributed by atoms with van der Waals surface area (Å²) in [7, 11) is 0. The molecule has 2 aromatic rings. The lowest BCUT2D eigenvalue weighted by Crippen LogP contribution is -2.23. The molecule has 0 heterocycles. The first kappa shape index (κ1) is 13.5. The predicted molar refractivity (Wildman–Crippen MR) is 76.1 cm³/mol. The van der Waals surface area contributed by atoms with Crippen LogP contribution in [0.3, 0.4) is 0 Å². The van der Waals surface area contributed by atoms with Gasteiger partial charge in [0.05, 0.1) is 5.56 Å². The molecule has 0 atom stereocenters. The number of carbonyl (C=O) groups is 1. The van der Waals surface area contributed by atoms with Crippen molar-refractivity contribution < 1.29 is 9.18 Å². The van der Waals surface area contributed by atoms with Crippen LogP contribution in [0.1, 0.15) is 15.9 Å². The van der Waals surface area contributed by atoms with E-state index in [4.69, 9.17) is 5.73 Å². The molecular formula is C14H12BrFN2O. The third-order valence-corrected chi connectivity index (χ3v) is 3.07. The first-order valence-corrected chi connectivity index (χ1v) is 6.43. The van der Waals surface area contributed by atoms with E-state index in [9.17, 15) is 9.18 Å². The van der Waals surface area contributed by atoms with Gasteiger partial charge in [-0.3, -0.25) is 4.79 Å². The maximum atomic E-state index is 13.5. The second-order valence-electron chi connectivity index (χ2n) is 4.05. The number of carbonyl (C=O) groups excluding carboxylic acids is 1. The van der Waals surface area contributed by atoms with E-state index in [2.05, 4.69) is 21.2 Å². The van der Waals surface area contributed by atoms with Crippen LogP contribution in [0.4, 0.5) is 10.1 Å². The first-order chi connectivity index (χ1) is 9.06. The zero-order valence-electron chi connectivity index (χ0n) is 9.99. The fraction of sp³-hybridized carbons (Fsp3) is 0.0714. The third-order valence-electron chi connectivity index (χ3n) is 2.58. The molecule has 2 rings (SSSR count). The highest BCUT2D eigenvalue weighted by Crippen LogP contribution is 2.15. The zero-order valence-corrected chi connectivity index (χ0v) is 11.6. The van der Waals surface area contributed by atoms with Crippen molar-refractivity contribution in [3.05, 3.63) is 63.9 Å². The number of hydrogen-bond donors (Lipinski definition) is 2. The summed E-state index contributed by atoms with van der Waals surface area (Å²) in [6, 6.07) is 11.4. The average molecular weight is 323 g/mol. The van der Waals surface area contributed by atoms with Gasteiger partial charge in [-0.25, -0.2) is 4.39 Å². The predicted octanol–water partition coefficient (Wildman–Crippen LogP) is 3.10. The van der Waals surface area contributed by atoms with Gasteiger partial charge in [0, 0.05) is 16.7 Å². The van der Waals surface area contributed by atoms with Crippen molar-refractivity contribution in [3.8, 4) is 0 Å². The molecule has 98 valence electrons. The smallest absolute Gasteiger partial charge is 0.254 e. The summed E-state index contributed by atoms with van der Waals surface area (Å²) in [4.78, 5) is 11.9. The maximum Gasteiger partial charge on any atom is 0.254 e. The van der Waals surface area contributed by atoms with Gasteiger partial charge in [-0.1, -0.05) is 28.1 Å². The van der Waals surface area contributed by atoms with Gasteiger partial charge < -0.3 is 11.1 Å². The van der Waals surface area contributed by atoms with E-state index in [0.717, 1.165) is 5.56 Å². The van der Waals surface area contributed by atoms with Crippen molar-refractivity contribution in [1.29, 1.82) is 0 Å². The summed E-state index contributed by atoms with van der Waals surface area (Å²) in [6.07, 6.45) is 0. The molecule has 0 unspecified atom stereocenters. The zero-order chi connectivity index (χ0) is 13.8. The Balaban J connectivity index is 2.07. The fourth-order valence-corrected chi connectivity index (χ4v) is 2.01. The van der Waals surface area contributed by atoms with E-state index >= 15 is 0 Å². The van der Waals surface area contributed by atoms with E-state index in [1.54, 1.807) is 24.3 Å². The Labute approximate surface area is 118 Å². The standard InChI is InChI=1S/C14H12BrFN2O/c15-10-4-5-13(16)12(7-10)14(19)18-8-9-2-1-3-11(17)6-9/h1-7H,8,17H2,(H,18,19). The lowest BCUT2D eigenvalue weighted by atomic mass is 10.1. The number of anilines is 1. The normalized spacial score (nSPS) is 10.2. The topological polar surface area (TPSA) is 55.1 Å². The van der Waals surface area contributed by atoms with Crippen molar-refractivity contribution in [2.45, 2.75) is 6.54 Å². The average Bonchev–Trinajstić information content (AvgIpc) is 2.39. The molecule has 19 heavy (non-hydrogen) atoms. The molecule has 0 saturated heterocycles. The quantitative estimate of drug-likeness (QED) is 0.853. The largest absolute Gasteiger partial charge is 0.399 e. The van der Waals surface area contributed by atoms with Crippen LogP contribution in [0.5, 0.6) is 0 Å². The van der Waals surface area contributed by atoms with E-state index in [-0.39, 0.29) is 5.56 Å². The Hall–Kier alpha value is -1.88. The van der Waals surface area contributed by atoms with Gasteiger partial charge in [-0.2, -0.15) is 0 Å². The summed E-state index contributed by atoms with van der Waals surface area (Å²) in [6.45, 7) is 0.301. The monoisotopic (exact) mass is 322 g/mol.